The van der Waals surface area contributed by atoms with E-state index in [2.05, 4.69) is 45.0 Å². The van der Waals surface area contributed by atoms with Crippen LogP contribution in [0.4, 0.5) is 0 Å². The van der Waals surface area contributed by atoms with Gasteiger partial charge in [-0.2, -0.15) is 16.9 Å². The molecule has 1 N–H and O–H groups in total. The minimum atomic E-state index is 0.260. The smallest absolute Gasteiger partial charge is 0.0834 e. The Morgan fingerprint density at radius 1 is 1.42 bits per heavy atom. The number of halogens is 1. The molecule has 0 aromatic carbocycles. The number of thioether (sulfide) groups is 1. The number of nitrogens with one attached hydrogen (secondary N) is 1. The SMILES string of the molecule is CCCNC(CSC(C)(C)C)c1c(Cl)cnn1CC. The molecule has 0 fully saturated rings. The van der Waals surface area contributed by atoms with Gasteiger partial charge >= 0.3 is 0 Å². The molecular formula is C14H26ClN3S. The lowest BCUT2D eigenvalue weighted by atomic mass is 10.2. The van der Waals surface area contributed by atoms with E-state index in [1.807, 2.05) is 16.4 Å². The molecule has 1 aromatic heterocycles. The standard InChI is InChI=1S/C14H26ClN3S/c1-6-8-16-12(10-19-14(3,4)5)13-11(15)9-17-18(13)7-2/h9,12,16H,6-8,10H2,1-5H3. The molecule has 0 aliphatic rings. The van der Waals surface area contributed by atoms with Crippen LogP contribution in [-0.4, -0.2) is 26.8 Å². The molecule has 19 heavy (non-hydrogen) atoms. The molecular weight excluding hydrogens is 278 g/mol. The number of nitrogens with zero attached hydrogens (tertiary/aromatic N) is 2. The Labute approximate surface area is 126 Å². The normalized spacial score (nSPS) is 13.8. The quantitative estimate of drug-likeness (QED) is 0.821. The van der Waals surface area contributed by atoms with E-state index >= 15 is 0 Å². The second-order valence-electron chi connectivity index (χ2n) is 5.62. The first-order valence-electron chi connectivity index (χ1n) is 6.97. The average Bonchev–Trinajstić information content (AvgIpc) is 2.70. The van der Waals surface area contributed by atoms with E-state index in [-0.39, 0.29) is 10.8 Å². The van der Waals surface area contributed by atoms with Crippen LogP contribution in [-0.2, 0) is 6.54 Å². The van der Waals surface area contributed by atoms with Crippen molar-refractivity contribution in [1.29, 1.82) is 0 Å². The second kappa shape index (κ2) is 7.55. The zero-order valence-corrected chi connectivity index (χ0v) is 14.2. The van der Waals surface area contributed by atoms with Crippen LogP contribution in [0.3, 0.4) is 0 Å². The fourth-order valence-corrected chi connectivity index (χ4v) is 3.07. The summed E-state index contributed by atoms with van der Waals surface area (Å²) in [7, 11) is 0. The van der Waals surface area contributed by atoms with E-state index in [0.717, 1.165) is 36.0 Å². The van der Waals surface area contributed by atoms with Gasteiger partial charge in [-0.25, -0.2) is 0 Å². The highest BCUT2D eigenvalue weighted by atomic mass is 35.5. The van der Waals surface area contributed by atoms with E-state index in [4.69, 9.17) is 11.6 Å². The summed E-state index contributed by atoms with van der Waals surface area (Å²) in [4.78, 5) is 0. The van der Waals surface area contributed by atoms with Crippen LogP contribution in [0.15, 0.2) is 6.20 Å². The van der Waals surface area contributed by atoms with E-state index in [9.17, 15) is 0 Å². The molecule has 0 aliphatic carbocycles. The lowest BCUT2D eigenvalue weighted by Crippen LogP contribution is -2.28. The van der Waals surface area contributed by atoms with Gasteiger partial charge in [0.25, 0.3) is 0 Å². The maximum absolute atomic E-state index is 6.31. The summed E-state index contributed by atoms with van der Waals surface area (Å²) in [5.74, 6) is 1.01. The fourth-order valence-electron chi connectivity index (χ4n) is 1.86. The van der Waals surface area contributed by atoms with Crippen molar-refractivity contribution in [1.82, 2.24) is 15.1 Å². The second-order valence-corrected chi connectivity index (χ2v) is 7.88. The van der Waals surface area contributed by atoms with E-state index in [0.29, 0.717) is 0 Å². The molecule has 3 nitrogen and oxygen atoms in total. The van der Waals surface area contributed by atoms with Gasteiger partial charge in [0.1, 0.15) is 0 Å². The summed E-state index contributed by atoms with van der Waals surface area (Å²) >= 11 is 8.27. The Bertz CT molecular complexity index is 385. The zero-order chi connectivity index (χ0) is 14.5. The summed E-state index contributed by atoms with van der Waals surface area (Å²) in [5, 5.41) is 8.71. The summed E-state index contributed by atoms with van der Waals surface area (Å²) in [6, 6.07) is 0.263. The van der Waals surface area contributed by atoms with Gasteiger partial charge in [0.2, 0.25) is 0 Å². The molecule has 0 radical (unpaired) electrons. The molecule has 1 unspecified atom stereocenters. The van der Waals surface area contributed by atoms with Gasteiger partial charge in [-0.15, -0.1) is 0 Å². The lowest BCUT2D eigenvalue weighted by molar-refractivity contribution is 0.513. The molecule has 0 bridgehead atoms. The van der Waals surface area contributed by atoms with Crippen molar-refractivity contribution in [2.75, 3.05) is 12.3 Å². The third-order valence-electron chi connectivity index (χ3n) is 2.79. The van der Waals surface area contributed by atoms with Gasteiger partial charge in [0.15, 0.2) is 0 Å². The summed E-state index contributed by atoms with van der Waals surface area (Å²) in [6.45, 7) is 12.9. The topological polar surface area (TPSA) is 29.9 Å². The first-order chi connectivity index (χ1) is 8.89. The van der Waals surface area contributed by atoms with E-state index in [1.165, 1.54) is 0 Å². The summed E-state index contributed by atoms with van der Waals surface area (Å²) in [6.07, 6.45) is 2.87. The van der Waals surface area contributed by atoms with Crippen molar-refractivity contribution in [3.8, 4) is 0 Å². The van der Waals surface area contributed by atoms with Crippen molar-refractivity contribution < 1.29 is 0 Å². The van der Waals surface area contributed by atoms with Gasteiger partial charge in [-0.1, -0.05) is 39.3 Å². The molecule has 1 aromatic rings. The van der Waals surface area contributed by atoms with Crippen LogP contribution >= 0.6 is 23.4 Å². The van der Waals surface area contributed by atoms with Gasteiger partial charge in [0.05, 0.1) is 23.0 Å². The lowest BCUT2D eigenvalue weighted by Gasteiger charge is -2.24. The molecule has 0 spiro atoms. The molecule has 0 saturated carbocycles. The third kappa shape index (κ3) is 5.36. The highest BCUT2D eigenvalue weighted by molar-refractivity contribution is 8.00. The van der Waals surface area contributed by atoms with E-state index < -0.39 is 0 Å². The Balaban J connectivity index is 2.85. The zero-order valence-electron chi connectivity index (χ0n) is 12.7. The molecule has 1 rings (SSSR count). The molecule has 0 saturated heterocycles. The first-order valence-corrected chi connectivity index (χ1v) is 8.34. The van der Waals surface area contributed by atoms with Crippen LogP contribution < -0.4 is 5.32 Å². The highest BCUT2D eigenvalue weighted by Crippen LogP contribution is 2.31. The van der Waals surface area contributed by atoms with Gasteiger partial charge in [0, 0.05) is 17.0 Å². The first kappa shape index (κ1) is 16.9. The minimum absolute atomic E-state index is 0.260. The van der Waals surface area contributed by atoms with Crippen LogP contribution in [0.25, 0.3) is 0 Å². The van der Waals surface area contributed by atoms with Gasteiger partial charge in [-0.3, -0.25) is 4.68 Å². The van der Waals surface area contributed by atoms with E-state index in [1.54, 1.807) is 6.20 Å². The predicted molar refractivity (Wildman–Crippen MR) is 86.2 cm³/mol. The van der Waals surface area contributed by atoms with Crippen molar-refractivity contribution in [2.45, 2.75) is 58.4 Å². The van der Waals surface area contributed by atoms with Crippen LogP contribution in [0.1, 0.15) is 52.8 Å². The number of rotatable bonds is 7. The third-order valence-corrected chi connectivity index (χ3v) is 4.44. The number of aryl methyl sites for hydroxylation is 1. The molecule has 0 aliphatic heterocycles. The minimum Gasteiger partial charge on any atom is -0.308 e. The van der Waals surface area contributed by atoms with Crippen LogP contribution in [0.2, 0.25) is 5.02 Å². The fraction of sp³-hybridized carbons (Fsp3) is 0.786. The molecule has 1 heterocycles. The summed E-state index contributed by atoms with van der Waals surface area (Å²) in [5.41, 5.74) is 1.12. The maximum Gasteiger partial charge on any atom is 0.0834 e. The molecule has 0 amide bonds. The van der Waals surface area contributed by atoms with Crippen LogP contribution in [0, 0.1) is 0 Å². The van der Waals surface area contributed by atoms with Gasteiger partial charge < -0.3 is 5.32 Å². The van der Waals surface area contributed by atoms with Crippen molar-refractivity contribution in [2.24, 2.45) is 0 Å². The van der Waals surface area contributed by atoms with Crippen molar-refractivity contribution >= 4 is 23.4 Å². The Morgan fingerprint density at radius 2 is 2.11 bits per heavy atom. The molecule has 110 valence electrons. The van der Waals surface area contributed by atoms with Gasteiger partial charge in [-0.05, 0) is 19.9 Å². The van der Waals surface area contributed by atoms with Crippen molar-refractivity contribution in [3.63, 3.8) is 0 Å². The predicted octanol–water partition coefficient (Wildman–Crippen LogP) is 4.13. The Hall–Kier alpha value is -0.190. The number of hydrogen-bond acceptors (Lipinski definition) is 3. The largest absolute Gasteiger partial charge is 0.308 e. The van der Waals surface area contributed by atoms with Crippen LogP contribution in [0.5, 0.6) is 0 Å². The average molecular weight is 304 g/mol. The Kier molecular flexibility index (Phi) is 6.71. The highest BCUT2D eigenvalue weighted by Gasteiger charge is 2.22. The Morgan fingerprint density at radius 3 is 2.63 bits per heavy atom. The van der Waals surface area contributed by atoms with Crippen molar-refractivity contribution in [3.05, 3.63) is 16.9 Å². The number of aromatic nitrogens is 2. The monoisotopic (exact) mass is 303 g/mol. The number of hydrogen-bond donors (Lipinski definition) is 1. The maximum atomic E-state index is 6.31. The summed E-state index contributed by atoms with van der Waals surface area (Å²) < 4.78 is 2.26. The molecule has 5 heteroatoms. The molecule has 1 atom stereocenters.